The molecule has 2 aromatic rings. The van der Waals surface area contributed by atoms with Crippen molar-refractivity contribution in [1.29, 1.82) is 0 Å². The van der Waals surface area contributed by atoms with Crippen LogP contribution in [-0.2, 0) is 6.61 Å². The maximum absolute atomic E-state index is 6.05. The maximum Gasteiger partial charge on any atom is 0.119 e. The van der Waals surface area contributed by atoms with E-state index in [0.29, 0.717) is 13.2 Å². The number of rotatable bonds is 10. The molecule has 0 aliphatic rings. The number of ether oxygens (including phenoxy) is 1. The largest absolute Gasteiger partial charge is 0.489 e. The van der Waals surface area contributed by atoms with Gasteiger partial charge in [-0.05, 0) is 42.8 Å². The molecule has 2 rings (SSSR count). The Labute approximate surface area is 146 Å². The molecule has 3 heteroatoms. The Kier molecular flexibility index (Phi) is 7.80. The lowest BCUT2D eigenvalue weighted by molar-refractivity contribution is 0.209. The van der Waals surface area contributed by atoms with Crippen molar-refractivity contribution in [2.45, 2.75) is 39.3 Å². The smallest absolute Gasteiger partial charge is 0.119 e. The molecule has 0 saturated heterocycles. The molecule has 3 nitrogen and oxygen atoms in total. The van der Waals surface area contributed by atoms with Crippen LogP contribution in [0.25, 0.3) is 0 Å². The molecule has 0 aliphatic heterocycles. The third-order valence-corrected chi connectivity index (χ3v) is 4.38. The molecule has 0 bridgehead atoms. The highest BCUT2D eigenvalue weighted by molar-refractivity contribution is 5.30. The quantitative estimate of drug-likeness (QED) is 0.704. The first-order valence-electron chi connectivity index (χ1n) is 8.99. The fraction of sp³-hybridized carbons (Fsp3) is 0.429. The van der Waals surface area contributed by atoms with Crippen LogP contribution >= 0.6 is 0 Å². The van der Waals surface area contributed by atoms with E-state index in [1.54, 1.807) is 0 Å². The summed E-state index contributed by atoms with van der Waals surface area (Å²) in [6, 6.07) is 18.9. The molecule has 24 heavy (non-hydrogen) atoms. The Morgan fingerprint density at radius 2 is 1.71 bits per heavy atom. The fourth-order valence-electron chi connectivity index (χ4n) is 2.92. The van der Waals surface area contributed by atoms with Crippen molar-refractivity contribution >= 4 is 0 Å². The van der Waals surface area contributed by atoms with E-state index >= 15 is 0 Å². The van der Waals surface area contributed by atoms with E-state index in [-0.39, 0.29) is 6.04 Å². The standard InChI is InChI=1S/C21H30N2O/c1-3-5-15-23(4-2)21(16-22)19-11-13-20(14-12-19)24-17-18-9-7-6-8-10-18/h6-14,21H,3-5,15-17,22H2,1-2H3. The van der Waals surface area contributed by atoms with Gasteiger partial charge in [0.05, 0.1) is 0 Å². The molecular formula is C21H30N2O. The van der Waals surface area contributed by atoms with Crippen molar-refractivity contribution in [2.75, 3.05) is 19.6 Å². The average Bonchev–Trinajstić information content (AvgIpc) is 2.65. The molecule has 130 valence electrons. The third-order valence-electron chi connectivity index (χ3n) is 4.38. The lowest BCUT2D eigenvalue weighted by Crippen LogP contribution is -2.34. The van der Waals surface area contributed by atoms with Crippen LogP contribution in [-0.4, -0.2) is 24.5 Å². The minimum absolute atomic E-state index is 0.282. The molecule has 0 heterocycles. The highest BCUT2D eigenvalue weighted by Crippen LogP contribution is 2.23. The Hall–Kier alpha value is -1.84. The lowest BCUT2D eigenvalue weighted by Gasteiger charge is -2.30. The predicted molar refractivity (Wildman–Crippen MR) is 101 cm³/mol. The van der Waals surface area contributed by atoms with Crippen molar-refractivity contribution < 1.29 is 4.74 Å². The van der Waals surface area contributed by atoms with Gasteiger partial charge in [0.1, 0.15) is 12.4 Å². The van der Waals surface area contributed by atoms with Crippen LogP contribution in [0.2, 0.25) is 0 Å². The van der Waals surface area contributed by atoms with Crippen LogP contribution in [0.4, 0.5) is 0 Å². The first-order valence-corrected chi connectivity index (χ1v) is 8.99. The van der Waals surface area contributed by atoms with Crippen LogP contribution in [0.3, 0.4) is 0 Å². The van der Waals surface area contributed by atoms with Gasteiger partial charge in [-0.15, -0.1) is 0 Å². The first-order chi connectivity index (χ1) is 11.8. The van der Waals surface area contributed by atoms with E-state index in [9.17, 15) is 0 Å². The highest BCUT2D eigenvalue weighted by atomic mass is 16.5. The van der Waals surface area contributed by atoms with Crippen molar-refractivity contribution in [1.82, 2.24) is 4.90 Å². The van der Waals surface area contributed by atoms with E-state index in [4.69, 9.17) is 10.5 Å². The van der Waals surface area contributed by atoms with Gasteiger partial charge < -0.3 is 10.5 Å². The Morgan fingerprint density at radius 1 is 1.00 bits per heavy atom. The fourth-order valence-corrected chi connectivity index (χ4v) is 2.92. The minimum Gasteiger partial charge on any atom is -0.489 e. The van der Waals surface area contributed by atoms with Gasteiger partial charge in [-0.25, -0.2) is 0 Å². The molecule has 0 radical (unpaired) electrons. The van der Waals surface area contributed by atoms with Gasteiger partial charge in [-0.1, -0.05) is 62.7 Å². The van der Waals surface area contributed by atoms with Crippen LogP contribution in [0.15, 0.2) is 54.6 Å². The molecule has 2 N–H and O–H groups in total. The zero-order chi connectivity index (χ0) is 17.2. The van der Waals surface area contributed by atoms with Gasteiger partial charge in [0.2, 0.25) is 0 Å². The van der Waals surface area contributed by atoms with Gasteiger partial charge in [0, 0.05) is 12.6 Å². The summed E-state index contributed by atoms with van der Waals surface area (Å²) in [6.07, 6.45) is 2.42. The van der Waals surface area contributed by atoms with Gasteiger partial charge in [-0.3, -0.25) is 4.90 Å². The van der Waals surface area contributed by atoms with Crippen molar-refractivity contribution in [2.24, 2.45) is 5.73 Å². The van der Waals surface area contributed by atoms with Crippen LogP contribution < -0.4 is 10.5 Å². The SMILES string of the molecule is CCCCN(CC)C(CN)c1ccc(OCc2ccccc2)cc1. The van der Waals surface area contributed by atoms with Gasteiger partial charge in [0.15, 0.2) is 0 Å². The number of nitrogens with zero attached hydrogens (tertiary/aromatic N) is 1. The second-order valence-electron chi connectivity index (χ2n) is 6.08. The molecule has 1 atom stereocenters. The Morgan fingerprint density at radius 3 is 2.29 bits per heavy atom. The first kappa shape index (κ1) is 18.5. The number of nitrogens with two attached hydrogens (primary N) is 1. The van der Waals surface area contributed by atoms with Crippen molar-refractivity contribution in [3.05, 3.63) is 65.7 Å². The van der Waals surface area contributed by atoms with E-state index in [0.717, 1.165) is 18.8 Å². The number of hydrogen-bond acceptors (Lipinski definition) is 3. The summed E-state index contributed by atoms with van der Waals surface area (Å²) in [5, 5.41) is 0. The number of hydrogen-bond donors (Lipinski definition) is 1. The Bertz CT molecular complexity index is 568. The van der Waals surface area contributed by atoms with Crippen LogP contribution in [0, 0.1) is 0 Å². The van der Waals surface area contributed by atoms with Crippen molar-refractivity contribution in [3.8, 4) is 5.75 Å². The van der Waals surface area contributed by atoms with Gasteiger partial charge in [0.25, 0.3) is 0 Å². The van der Waals surface area contributed by atoms with Crippen molar-refractivity contribution in [3.63, 3.8) is 0 Å². The molecule has 0 spiro atoms. The summed E-state index contributed by atoms with van der Waals surface area (Å²) >= 11 is 0. The summed E-state index contributed by atoms with van der Waals surface area (Å²) in [4.78, 5) is 2.46. The van der Waals surface area contributed by atoms with Crippen LogP contribution in [0.5, 0.6) is 5.75 Å². The number of likely N-dealkylation sites (N-methyl/N-ethyl adjacent to an activating group) is 1. The normalized spacial score (nSPS) is 12.3. The predicted octanol–water partition coefficient (Wildman–Crippen LogP) is 4.39. The molecule has 0 aliphatic carbocycles. The maximum atomic E-state index is 6.05. The summed E-state index contributed by atoms with van der Waals surface area (Å²) in [7, 11) is 0. The van der Waals surface area contributed by atoms with E-state index in [1.165, 1.54) is 24.0 Å². The number of unbranched alkanes of at least 4 members (excludes halogenated alkanes) is 1. The van der Waals surface area contributed by atoms with E-state index < -0.39 is 0 Å². The van der Waals surface area contributed by atoms with Crippen LogP contribution in [0.1, 0.15) is 43.9 Å². The second-order valence-corrected chi connectivity index (χ2v) is 6.08. The second kappa shape index (κ2) is 10.1. The van der Waals surface area contributed by atoms with Gasteiger partial charge in [-0.2, -0.15) is 0 Å². The molecule has 0 fully saturated rings. The Balaban J connectivity index is 1.98. The monoisotopic (exact) mass is 326 g/mol. The number of benzene rings is 2. The third kappa shape index (κ3) is 5.36. The summed E-state index contributed by atoms with van der Waals surface area (Å²) in [5.74, 6) is 0.898. The molecule has 0 saturated carbocycles. The van der Waals surface area contributed by atoms with E-state index in [2.05, 4.69) is 55.1 Å². The molecule has 0 aromatic heterocycles. The summed E-state index contributed by atoms with van der Waals surface area (Å²) in [5.41, 5.74) is 8.50. The average molecular weight is 326 g/mol. The van der Waals surface area contributed by atoms with Gasteiger partial charge >= 0.3 is 0 Å². The molecule has 2 aromatic carbocycles. The molecular weight excluding hydrogens is 296 g/mol. The zero-order valence-electron chi connectivity index (χ0n) is 14.9. The summed E-state index contributed by atoms with van der Waals surface area (Å²) < 4.78 is 5.87. The lowest BCUT2D eigenvalue weighted by atomic mass is 10.0. The zero-order valence-corrected chi connectivity index (χ0v) is 14.9. The topological polar surface area (TPSA) is 38.5 Å². The minimum atomic E-state index is 0.282. The highest BCUT2D eigenvalue weighted by Gasteiger charge is 2.17. The molecule has 1 unspecified atom stereocenters. The molecule has 0 amide bonds. The van der Waals surface area contributed by atoms with E-state index in [1.807, 2.05) is 18.2 Å². The summed E-state index contributed by atoms with van der Waals surface area (Å²) in [6.45, 7) is 7.79.